The lowest BCUT2D eigenvalue weighted by molar-refractivity contribution is -0.123. The Morgan fingerprint density at radius 3 is 2.62 bits per heavy atom. The molecule has 0 aliphatic rings. The third-order valence-corrected chi connectivity index (χ3v) is 3.25. The summed E-state index contributed by atoms with van der Waals surface area (Å²) in [4.78, 5) is 15.9. The Morgan fingerprint density at radius 2 is 2.00 bits per heavy atom. The molecule has 110 valence electrons. The van der Waals surface area contributed by atoms with E-state index < -0.39 is 0 Å². The minimum atomic E-state index is -0.160. The maximum Gasteiger partial charge on any atom is 0.258 e. The van der Waals surface area contributed by atoms with Gasteiger partial charge in [0.25, 0.3) is 5.91 Å². The average molecular weight is 284 g/mol. The Labute approximate surface area is 125 Å². The van der Waals surface area contributed by atoms with Gasteiger partial charge in [-0.15, -0.1) is 0 Å². The molecule has 1 aromatic heterocycles. The normalized spacial score (nSPS) is 11.7. The van der Waals surface area contributed by atoms with E-state index >= 15 is 0 Å². The summed E-state index contributed by atoms with van der Waals surface area (Å²) < 4.78 is 5.32. The molecule has 0 fully saturated rings. The van der Waals surface area contributed by atoms with Crippen LogP contribution in [0.25, 0.3) is 0 Å². The SMILES string of the molecule is CCc1ccc(C(C)NC(=O)COc2ccccn2)cc1. The summed E-state index contributed by atoms with van der Waals surface area (Å²) in [5, 5.41) is 2.91. The summed E-state index contributed by atoms with van der Waals surface area (Å²) in [5.41, 5.74) is 2.37. The molecule has 0 aliphatic heterocycles. The van der Waals surface area contributed by atoms with E-state index in [1.807, 2.05) is 25.1 Å². The third kappa shape index (κ3) is 4.60. The van der Waals surface area contributed by atoms with Gasteiger partial charge in [-0.3, -0.25) is 4.79 Å². The summed E-state index contributed by atoms with van der Waals surface area (Å²) >= 11 is 0. The first-order valence-electron chi connectivity index (χ1n) is 7.11. The Kier molecular flexibility index (Phi) is 5.32. The molecule has 0 saturated heterocycles. The van der Waals surface area contributed by atoms with Crippen LogP contribution in [0.1, 0.15) is 31.0 Å². The molecule has 1 unspecified atom stereocenters. The molecular formula is C17H20N2O2. The standard InChI is InChI=1S/C17H20N2O2/c1-3-14-7-9-15(10-8-14)13(2)19-16(20)12-21-17-6-4-5-11-18-17/h4-11,13H,3,12H2,1-2H3,(H,19,20). The molecule has 0 saturated carbocycles. The van der Waals surface area contributed by atoms with Crippen molar-refractivity contribution in [1.29, 1.82) is 0 Å². The molecule has 2 rings (SSSR count). The third-order valence-electron chi connectivity index (χ3n) is 3.25. The number of aromatic nitrogens is 1. The molecular weight excluding hydrogens is 264 g/mol. The number of benzene rings is 1. The minimum absolute atomic E-state index is 0.0333. The topological polar surface area (TPSA) is 51.2 Å². The summed E-state index contributed by atoms with van der Waals surface area (Å²) in [6.07, 6.45) is 2.64. The molecule has 1 heterocycles. The van der Waals surface area contributed by atoms with Crippen LogP contribution in [0.4, 0.5) is 0 Å². The van der Waals surface area contributed by atoms with Crippen LogP contribution < -0.4 is 10.1 Å². The number of nitrogens with zero attached hydrogens (tertiary/aromatic N) is 1. The number of hydrogen-bond acceptors (Lipinski definition) is 3. The quantitative estimate of drug-likeness (QED) is 0.887. The number of carbonyl (C=O) groups is 1. The molecule has 0 bridgehead atoms. The first kappa shape index (κ1) is 15.0. The number of amides is 1. The fourth-order valence-corrected chi connectivity index (χ4v) is 1.98. The summed E-state index contributed by atoms with van der Waals surface area (Å²) in [6.45, 7) is 4.04. The minimum Gasteiger partial charge on any atom is -0.468 e. The first-order chi connectivity index (χ1) is 10.2. The fraction of sp³-hybridized carbons (Fsp3) is 0.294. The van der Waals surface area contributed by atoms with Gasteiger partial charge in [0.05, 0.1) is 6.04 Å². The molecule has 1 N–H and O–H groups in total. The highest BCUT2D eigenvalue weighted by Crippen LogP contribution is 2.13. The monoisotopic (exact) mass is 284 g/mol. The molecule has 4 nitrogen and oxygen atoms in total. The van der Waals surface area contributed by atoms with Crippen molar-refractivity contribution in [3.8, 4) is 5.88 Å². The smallest absolute Gasteiger partial charge is 0.258 e. The largest absolute Gasteiger partial charge is 0.468 e. The number of pyridine rings is 1. The fourth-order valence-electron chi connectivity index (χ4n) is 1.98. The summed E-state index contributed by atoms with van der Waals surface area (Å²) in [7, 11) is 0. The van der Waals surface area contributed by atoms with Crippen molar-refractivity contribution in [2.45, 2.75) is 26.3 Å². The van der Waals surface area contributed by atoms with Gasteiger partial charge in [0.2, 0.25) is 5.88 Å². The lowest BCUT2D eigenvalue weighted by Crippen LogP contribution is -2.31. The Balaban J connectivity index is 1.83. The highest BCUT2D eigenvalue weighted by atomic mass is 16.5. The van der Waals surface area contributed by atoms with E-state index in [1.54, 1.807) is 18.3 Å². The van der Waals surface area contributed by atoms with Crippen LogP contribution in [0.5, 0.6) is 5.88 Å². The van der Waals surface area contributed by atoms with Gasteiger partial charge in [-0.2, -0.15) is 0 Å². The summed E-state index contributed by atoms with van der Waals surface area (Å²) in [5.74, 6) is 0.292. The van der Waals surface area contributed by atoms with Crippen LogP contribution in [0.3, 0.4) is 0 Å². The van der Waals surface area contributed by atoms with Crippen molar-refractivity contribution in [3.05, 3.63) is 59.8 Å². The van der Waals surface area contributed by atoms with E-state index in [4.69, 9.17) is 4.74 Å². The molecule has 4 heteroatoms. The maximum atomic E-state index is 11.9. The molecule has 1 atom stereocenters. The lowest BCUT2D eigenvalue weighted by Gasteiger charge is -2.15. The predicted octanol–water partition coefficient (Wildman–Crippen LogP) is 2.90. The average Bonchev–Trinajstić information content (AvgIpc) is 2.54. The van der Waals surface area contributed by atoms with Gasteiger partial charge in [0.1, 0.15) is 0 Å². The molecule has 0 aliphatic carbocycles. The van der Waals surface area contributed by atoms with Crippen LogP contribution >= 0.6 is 0 Å². The maximum absolute atomic E-state index is 11.9. The molecule has 2 aromatic rings. The van der Waals surface area contributed by atoms with Crippen molar-refractivity contribution < 1.29 is 9.53 Å². The zero-order chi connectivity index (χ0) is 15.1. The van der Waals surface area contributed by atoms with Gasteiger partial charge in [0, 0.05) is 12.3 Å². The number of hydrogen-bond donors (Lipinski definition) is 1. The molecule has 21 heavy (non-hydrogen) atoms. The second-order valence-corrected chi connectivity index (χ2v) is 4.84. The van der Waals surface area contributed by atoms with E-state index in [9.17, 15) is 4.79 Å². The van der Waals surface area contributed by atoms with Crippen molar-refractivity contribution >= 4 is 5.91 Å². The van der Waals surface area contributed by atoms with Gasteiger partial charge < -0.3 is 10.1 Å². The first-order valence-corrected chi connectivity index (χ1v) is 7.11. The molecule has 1 aromatic carbocycles. The van der Waals surface area contributed by atoms with E-state index in [1.165, 1.54) is 5.56 Å². The van der Waals surface area contributed by atoms with E-state index in [0.29, 0.717) is 5.88 Å². The van der Waals surface area contributed by atoms with Crippen molar-refractivity contribution in [2.24, 2.45) is 0 Å². The highest BCUT2D eigenvalue weighted by Gasteiger charge is 2.10. The van der Waals surface area contributed by atoms with Gasteiger partial charge in [-0.05, 0) is 30.5 Å². The van der Waals surface area contributed by atoms with Gasteiger partial charge in [-0.1, -0.05) is 37.3 Å². The van der Waals surface area contributed by atoms with Gasteiger partial charge in [-0.25, -0.2) is 4.98 Å². The Bertz CT molecular complexity index is 567. The molecule has 0 radical (unpaired) electrons. The zero-order valence-corrected chi connectivity index (χ0v) is 12.4. The van der Waals surface area contributed by atoms with Crippen LogP contribution in [-0.4, -0.2) is 17.5 Å². The second-order valence-electron chi connectivity index (χ2n) is 4.84. The molecule has 0 spiro atoms. The number of rotatable bonds is 6. The summed E-state index contributed by atoms with van der Waals surface area (Å²) in [6, 6.07) is 13.6. The van der Waals surface area contributed by atoms with Crippen LogP contribution in [0, 0.1) is 0 Å². The lowest BCUT2D eigenvalue weighted by atomic mass is 10.1. The van der Waals surface area contributed by atoms with Crippen molar-refractivity contribution in [2.75, 3.05) is 6.61 Å². The van der Waals surface area contributed by atoms with Gasteiger partial charge in [0.15, 0.2) is 6.61 Å². The van der Waals surface area contributed by atoms with Crippen LogP contribution in [-0.2, 0) is 11.2 Å². The predicted molar refractivity (Wildman–Crippen MR) is 82.1 cm³/mol. The van der Waals surface area contributed by atoms with E-state index in [-0.39, 0.29) is 18.6 Å². The van der Waals surface area contributed by atoms with Crippen molar-refractivity contribution in [1.82, 2.24) is 10.3 Å². The Hall–Kier alpha value is -2.36. The number of carbonyl (C=O) groups excluding carboxylic acids is 1. The van der Waals surface area contributed by atoms with Crippen molar-refractivity contribution in [3.63, 3.8) is 0 Å². The number of ether oxygens (including phenoxy) is 1. The number of nitrogens with one attached hydrogen (secondary N) is 1. The zero-order valence-electron chi connectivity index (χ0n) is 12.4. The second kappa shape index (κ2) is 7.43. The van der Waals surface area contributed by atoms with E-state index in [0.717, 1.165) is 12.0 Å². The molecule has 1 amide bonds. The number of aryl methyl sites for hydroxylation is 1. The van der Waals surface area contributed by atoms with Crippen LogP contribution in [0.15, 0.2) is 48.7 Å². The van der Waals surface area contributed by atoms with Crippen LogP contribution in [0.2, 0.25) is 0 Å². The Morgan fingerprint density at radius 1 is 1.24 bits per heavy atom. The van der Waals surface area contributed by atoms with Gasteiger partial charge >= 0.3 is 0 Å². The van der Waals surface area contributed by atoms with E-state index in [2.05, 4.69) is 29.4 Å². The highest BCUT2D eigenvalue weighted by molar-refractivity contribution is 5.77.